The highest BCUT2D eigenvalue weighted by Crippen LogP contribution is 2.32. The van der Waals surface area contributed by atoms with Crippen LogP contribution in [0.2, 0.25) is 0 Å². The molecule has 2 aliphatic carbocycles. The van der Waals surface area contributed by atoms with Crippen LogP contribution in [-0.2, 0) is 0 Å². The Hall–Kier alpha value is -2.86. The van der Waals surface area contributed by atoms with Crippen LogP contribution in [0.4, 0.5) is 5.82 Å². The highest BCUT2D eigenvalue weighted by atomic mass is 16.1. The molecule has 1 amide bonds. The Morgan fingerprint density at radius 3 is 2.41 bits per heavy atom. The zero-order valence-corrected chi connectivity index (χ0v) is 18.6. The van der Waals surface area contributed by atoms with E-state index < -0.39 is 0 Å². The van der Waals surface area contributed by atoms with Crippen LogP contribution in [0.25, 0.3) is 16.9 Å². The van der Waals surface area contributed by atoms with Crippen LogP contribution >= 0.6 is 0 Å². The fourth-order valence-electron chi connectivity index (χ4n) is 5.15. The number of fused-ring (bicyclic) bond motifs is 1. The number of anilines is 1. The standard InChI is InChI=1S/C26H33N5O/c27-19-13-15-21(16-14-19)29-26(32)22-12-7-17-31-24(22)30-23(18-8-3-1-4-9-18)25(31)28-20-10-5-2-6-11-20/h1,3-4,7-9,12,17,19-21,28H,2,5-6,10-11,13-16,27H2,(H,29,32). The summed E-state index contributed by atoms with van der Waals surface area (Å²) in [6.45, 7) is 0. The summed E-state index contributed by atoms with van der Waals surface area (Å²) in [5.74, 6) is 0.932. The van der Waals surface area contributed by atoms with E-state index in [0.717, 1.165) is 42.8 Å². The third-order valence-corrected chi connectivity index (χ3v) is 6.99. The number of benzene rings is 1. The van der Waals surface area contributed by atoms with E-state index in [1.807, 2.05) is 36.5 Å². The van der Waals surface area contributed by atoms with Gasteiger partial charge in [-0.1, -0.05) is 49.6 Å². The van der Waals surface area contributed by atoms with E-state index in [9.17, 15) is 4.79 Å². The lowest BCUT2D eigenvalue weighted by Gasteiger charge is -2.26. The minimum Gasteiger partial charge on any atom is -0.367 e. The van der Waals surface area contributed by atoms with Crippen LogP contribution in [0.5, 0.6) is 0 Å². The second kappa shape index (κ2) is 9.33. The van der Waals surface area contributed by atoms with Crippen molar-refractivity contribution in [3.8, 4) is 11.3 Å². The predicted octanol–water partition coefficient (Wildman–Crippen LogP) is 4.75. The Labute approximate surface area is 189 Å². The molecule has 0 aliphatic heterocycles. The first-order chi connectivity index (χ1) is 15.7. The topological polar surface area (TPSA) is 84.5 Å². The van der Waals surface area contributed by atoms with Gasteiger partial charge in [-0.15, -0.1) is 0 Å². The number of imidazole rings is 1. The molecule has 2 fully saturated rings. The molecule has 3 aromatic rings. The number of hydrogen-bond acceptors (Lipinski definition) is 4. The van der Waals surface area contributed by atoms with Gasteiger partial charge in [-0.05, 0) is 50.7 Å². The van der Waals surface area contributed by atoms with E-state index in [1.165, 1.54) is 32.1 Å². The van der Waals surface area contributed by atoms with Gasteiger partial charge in [0.15, 0.2) is 5.65 Å². The molecular weight excluding hydrogens is 398 g/mol. The first kappa shape index (κ1) is 21.0. The molecule has 0 saturated heterocycles. The summed E-state index contributed by atoms with van der Waals surface area (Å²) >= 11 is 0. The van der Waals surface area contributed by atoms with Gasteiger partial charge in [0.05, 0.1) is 5.56 Å². The Bertz CT molecular complexity index is 1060. The molecule has 5 rings (SSSR count). The Balaban J connectivity index is 1.50. The normalized spacial score (nSPS) is 22.0. The Morgan fingerprint density at radius 1 is 0.906 bits per heavy atom. The van der Waals surface area contributed by atoms with E-state index in [0.29, 0.717) is 17.3 Å². The monoisotopic (exact) mass is 431 g/mol. The van der Waals surface area contributed by atoms with Crippen molar-refractivity contribution in [2.45, 2.75) is 75.9 Å². The van der Waals surface area contributed by atoms with Crippen molar-refractivity contribution >= 4 is 17.4 Å². The van der Waals surface area contributed by atoms with Crippen molar-refractivity contribution in [2.24, 2.45) is 5.73 Å². The van der Waals surface area contributed by atoms with Crippen molar-refractivity contribution in [1.82, 2.24) is 14.7 Å². The van der Waals surface area contributed by atoms with Gasteiger partial charge in [-0.25, -0.2) is 4.98 Å². The minimum atomic E-state index is -0.0510. The van der Waals surface area contributed by atoms with E-state index in [2.05, 4.69) is 27.2 Å². The van der Waals surface area contributed by atoms with Gasteiger partial charge < -0.3 is 16.4 Å². The molecule has 1 aromatic carbocycles. The molecule has 6 nitrogen and oxygen atoms in total. The fourth-order valence-corrected chi connectivity index (χ4v) is 5.15. The number of pyridine rings is 1. The quantitative estimate of drug-likeness (QED) is 0.544. The van der Waals surface area contributed by atoms with Crippen LogP contribution in [0.1, 0.15) is 68.1 Å². The minimum absolute atomic E-state index is 0.0510. The van der Waals surface area contributed by atoms with E-state index >= 15 is 0 Å². The second-order valence-electron chi connectivity index (χ2n) is 9.35. The lowest BCUT2D eigenvalue weighted by Crippen LogP contribution is -2.40. The molecule has 168 valence electrons. The number of hydrogen-bond donors (Lipinski definition) is 3. The maximum atomic E-state index is 13.2. The summed E-state index contributed by atoms with van der Waals surface area (Å²) in [6, 6.07) is 15.0. The molecule has 0 bridgehead atoms. The van der Waals surface area contributed by atoms with E-state index in [1.54, 1.807) is 0 Å². The van der Waals surface area contributed by atoms with Crippen molar-refractivity contribution in [3.63, 3.8) is 0 Å². The van der Waals surface area contributed by atoms with Gasteiger partial charge in [0.2, 0.25) is 0 Å². The zero-order chi connectivity index (χ0) is 21.9. The van der Waals surface area contributed by atoms with Crippen molar-refractivity contribution in [1.29, 1.82) is 0 Å². The van der Waals surface area contributed by atoms with Gasteiger partial charge in [0.25, 0.3) is 5.91 Å². The van der Waals surface area contributed by atoms with Crippen molar-refractivity contribution in [2.75, 3.05) is 5.32 Å². The maximum absolute atomic E-state index is 13.2. The third-order valence-electron chi connectivity index (χ3n) is 6.99. The first-order valence-corrected chi connectivity index (χ1v) is 12.1. The second-order valence-corrected chi connectivity index (χ2v) is 9.35. The number of nitrogens with zero attached hydrogens (tertiary/aromatic N) is 2. The number of nitrogens with one attached hydrogen (secondary N) is 2. The first-order valence-electron chi connectivity index (χ1n) is 12.1. The molecule has 0 radical (unpaired) electrons. The molecule has 2 aromatic heterocycles. The molecular formula is C26H33N5O. The van der Waals surface area contributed by atoms with Crippen LogP contribution in [0.15, 0.2) is 48.7 Å². The summed E-state index contributed by atoms with van der Waals surface area (Å²) in [5, 5.41) is 7.01. The van der Waals surface area contributed by atoms with Crippen molar-refractivity contribution < 1.29 is 4.79 Å². The van der Waals surface area contributed by atoms with Gasteiger partial charge >= 0.3 is 0 Å². The number of aromatic nitrogens is 2. The van der Waals surface area contributed by atoms with Crippen LogP contribution in [-0.4, -0.2) is 33.4 Å². The van der Waals surface area contributed by atoms with E-state index in [4.69, 9.17) is 10.7 Å². The summed E-state index contributed by atoms with van der Waals surface area (Å²) < 4.78 is 2.06. The predicted molar refractivity (Wildman–Crippen MR) is 129 cm³/mol. The Kier molecular flexibility index (Phi) is 6.12. The summed E-state index contributed by atoms with van der Waals surface area (Å²) in [6.07, 6.45) is 12.0. The molecule has 6 heteroatoms. The van der Waals surface area contributed by atoms with Crippen LogP contribution in [0.3, 0.4) is 0 Å². The lowest BCUT2D eigenvalue weighted by atomic mass is 9.91. The average Bonchev–Trinajstić information content (AvgIpc) is 3.20. The van der Waals surface area contributed by atoms with Crippen molar-refractivity contribution in [3.05, 3.63) is 54.2 Å². The van der Waals surface area contributed by atoms with Gasteiger partial charge in [0, 0.05) is 29.9 Å². The number of nitrogens with two attached hydrogens (primary N) is 1. The molecule has 2 heterocycles. The van der Waals surface area contributed by atoms with Crippen LogP contribution < -0.4 is 16.4 Å². The van der Waals surface area contributed by atoms with Gasteiger partial charge in [-0.3, -0.25) is 9.20 Å². The molecule has 4 N–H and O–H groups in total. The molecule has 0 atom stereocenters. The molecule has 2 saturated carbocycles. The SMILES string of the molecule is NC1CCC(NC(=O)c2cccn3c(NC4CCCCC4)c(-c4ccccc4)nc23)CC1. The van der Waals surface area contributed by atoms with Gasteiger partial charge in [-0.2, -0.15) is 0 Å². The highest BCUT2D eigenvalue weighted by Gasteiger charge is 2.25. The van der Waals surface area contributed by atoms with Crippen LogP contribution in [0, 0.1) is 0 Å². The molecule has 2 aliphatic rings. The number of rotatable bonds is 5. The molecule has 32 heavy (non-hydrogen) atoms. The summed E-state index contributed by atoms with van der Waals surface area (Å²) in [5.41, 5.74) is 9.32. The lowest BCUT2D eigenvalue weighted by molar-refractivity contribution is 0.0927. The smallest absolute Gasteiger partial charge is 0.255 e. The molecule has 0 spiro atoms. The number of amides is 1. The fraction of sp³-hybridized carbons (Fsp3) is 0.462. The van der Waals surface area contributed by atoms with Gasteiger partial charge in [0.1, 0.15) is 11.5 Å². The largest absolute Gasteiger partial charge is 0.367 e. The van der Waals surface area contributed by atoms with E-state index in [-0.39, 0.29) is 18.0 Å². The maximum Gasteiger partial charge on any atom is 0.255 e. The molecule has 0 unspecified atom stereocenters. The summed E-state index contributed by atoms with van der Waals surface area (Å²) in [7, 11) is 0. The Morgan fingerprint density at radius 2 is 1.66 bits per heavy atom. The number of carbonyl (C=O) groups excluding carboxylic acids is 1. The average molecular weight is 432 g/mol. The summed E-state index contributed by atoms with van der Waals surface area (Å²) in [4.78, 5) is 18.2. The number of carbonyl (C=O) groups is 1. The highest BCUT2D eigenvalue weighted by molar-refractivity contribution is 6.01. The zero-order valence-electron chi connectivity index (χ0n) is 18.6. The third kappa shape index (κ3) is 4.37.